The molecule has 0 saturated heterocycles. The molecular formula is C28H38N4O6. The zero-order valence-electron chi connectivity index (χ0n) is 21.9. The molecule has 0 radical (unpaired) electrons. The minimum atomic E-state index is -1.01. The van der Waals surface area contributed by atoms with Crippen LogP contribution in [0, 0.1) is 12.8 Å². The highest BCUT2D eigenvalue weighted by Gasteiger charge is 2.19. The molecule has 4 N–H and O–H groups in total. The molecule has 38 heavy (non-hydrogen) atoms. The van der Waals surface area contributed by atoms with Gasteiger partial charge in [-0.05, 0) is 61.4 Å². The van der Waals surface area contributed by atoms with Crippen molar-refractivity contribution in [1.29, 1.82) is 0 Å². The van der Waals surface area contributed by atoms with Gasteiger partial charge < -0.3 is 29.3 Å². The Hall–Kier alpha value is -3.05. The van der Waals surface area contributed by atoms with Gasteiger partial charge in [0, 0.05) is 38.6 Å². The van der Waals surface area contributed by atoms with Crippen molar-refractivity contribution >= 4 is 0 Å². The van der Waals surface area contributed by atoms with E-state index in [9.17, 15) is 10.2 Å². The molecule has 0 spiro atoms. The minimum Gasteiger partial charge on any atom is -0.477 e. The molecule has 206 valence electrons. The molecule has 0 amide bonds. The van der Waals surface area contributed by atoms with Crippen LogP contribution in [0.1, 0.15) is 55.5 Å². The van der Waals surface area contributed by atoms with Crippen molar-refractivity contribution in [1.82, 2.24) is 20.4 Å². The molecule has 1 aliphatic carbocycles. The van der Waals surface area contributed by atoms with E-state index in [2.05, 4.69) is 20.4 Å². The molecule has 3 aromatic rings. The largest absolute Gasteiger partial charge is 0.477 e. The van der Waals surface area contributed by atoms with E-state index in [4.69, 9.17) is 19.1 Å². The fourth-order valence-electron chi connectivity index (χ4n) is 4.57. The lowest BCUT2D eigenvalue weighted by Crippen LogP contribution is -2.33. The first-order valence-corrected chi connectivity index (χ1v) is 13.4. The molecule has 2 heterocycles. The monoisotopic (exact) mass is 526 g/mol. The van der Waals surface area contributed by atoms with Crippen LogP contribution in [0.4, 0.5) is 0 Å². The second kappa shape index (κ2) is 14.2. The van der Waals surface area contributed by atoms with Gasteiger partial charge in [-0.1, -0.05) is 30.1 Å². The molecule has 10 nitrogen and oxygen atoms in total. The highest BCUT2D eigenvalue weighted by Crippen LogP contribution is 2.30. The minimum absolute atomic E-state index is 0.104. The lowest BCUT2D eigenvalue weighted by molar-refractivity contribution is -0.0257. The van der Waals surface area contributed by atoms with Gasteiger partial charge >= 0.3 is 0 Å². The predicted molar refractivity (Wildman–Crippen MR) is 141 cm³/mol. The summed E-state index contributed by atoms with van der Waals surface area (Å²) in [5.74, 6) is 2.72. The van der Waals surface area contributed by atoms with Crippen LogP contribution in [0.3, 0.4) is 0 Å². The van der Waals surface area contributed by atoms with Crippen molar-refractivity contribution in [2.75, 3.05) is 19.8 Å². The maximum Gasteiger partial charge on any atom is 0.263 e. The summed E-state index contributed by atoms with van der Waals surface area (Å²) in [7, 11) is 0. The van der Waals surface area contributed by atoms with E-state index in [1.165, 1.54) is 25.7 Å². The molecule has 1 saturated carbocycles. The van der Waals surface area contributed by atoms with Crippen LogP contribution >= 0.6 is 0 Å². The number of nitrogens with one attached hydrogen (secondary N) is 1. The summed E-state index contributed by atoms with van der Waals surface area (Å²) >= 11 is 0. The fraction of sp³-hybridized carbons (Fsp3) is 0.536. The van der Waals surface area contributed by atoms with Crippen molar-refractivity contribution in [2.45, 2.75) is 70.8 Å². The number of ether oxygens (including phenoxy) is 2. The Morgan fingerprint density at radius 2 is 1.97 bits per heavy atom. The number of nitrogens with zero attached hydrogens (tertiary/aromatic N) is 3. The van der Waals surface area contributed by atoms with E-state index in [1.54, 1.807) is 6.20 Å². The predicted octanol–water partition coefficient (Wildman–Crippen LogP) is 3.17. The van der Waals surface area contributed by atoms with E-state index in [0.717, 1.165) is 11.1 Å². The van der Waals surface area contributed by atoms with E-state index >= 15 is 0 Å². The standard InChI is InChI=1S/C28H38N4O6/c1-19-17-20(8-10-23(19)37-26(35)12-15-29-25(34)13-16-33)9-11-24-31-28(38-32-24)22-7-4-14-30-27(22)36-18-21-5-2-3-6-21/h4,7-8,10,14,17,21,25-26,29,33-35H,2-3,5-6,9,11-13,15-16,18H2,1H3/t25-,26?/m0/s1. The van der Waals surface area contributed by atoms with Crippen molar-refractivity contribution < 1.29 is 29.3 Å². The van der Waals surface area contributed by atoms with E-state index < -0.39 is 12.5 Å². The van der Waals surface area contributed by atoms with Crippen LogP contribution in [0.15, 0.2) is 41.1 Å². The van der Waals surface area contributed by atoms with E-state index in [-0.39, 0.29) is 13.0 Å². The second-order valence-electron chi connectivity index (χ2n) is 9.78. The summed E-state index contributed by atoms with van der Waals surface area (Å²) < 4.78 is 17.2. The van der Waals surface area contributed by atoms with Crippen LogP contribution in [0.25, 0.3) is 11.5 Å². The van der Waals surface area contributed by atoms with Gasteiger partial charge in [0.2, 0.25) is 5.88 Å². The van der Waals surface area contributed by atoms with Gasteiger partial charge in [0.15, 0.2) is 12.1 Å². The Bertz CT molecular complexity index is 1130. The number of hydrogen-bond acceptors (Lipinski definition) is 10. The first-order valence-electron chi connectivity index (χ1n) is 13.4. The Labute approximate surface area is 223 Å². The van der Waals surface area contributed by atoms with Crippen molar-refractivity contribution in [3.63, 3.8) is 0 Å². The average Bonchev–Trinajstić information content (AvgIpc) is 3.60. The van der Waals surface area contributed by atoms with E-state index in [1.807, 2.05) is 37.3 Å². The Balaban J connectivity index is 1.27. The van der Waals surface area contributed by atoms with Crippen molar-refractivity contribution in [2.24, 2.45) is 5.92 Å². The molecule has 0 aliphatic heterocycles. The Morgan fingerprint density at radius 3 is 2.76 bits per heavy atom. The van der Waals surface area contributed by atoms with Gasteiger partial charge in [0.1, 0.15) is 17.5 Å². The molecule has 2 aromatic heterocycles. The molecule has 0 bridgehead atoms. The van der Waals surface area contributed by atoms with Crippen LogP contribution < -0.4 is 14.8 Å². The van der Waals surface area contributed by atoms with Gasteiger partial charge in [-0.25, -0.2) is 4.98 Å². The van der Waals surface area contributed by atoms with Gasteiger partial charge in [0.05, 0.1) is 6.61 Å². The van der Waals surface area contributed by atoms with Gasteiger partial charge in [-0.3, -0.25) is 5.32 Å². The quantitative estimate of drug-likeness (QED) is 0.218. The number of aryl methyl sites for hydroxylation is 3. The SMILES string of the molecule is Cc1cc(CCc2noc(-c3cccnc3OCC3CCCC3)n2)ccc1OC(O)CCN[C@@H](O)CCO. The Morgan fingerprint density at radius 1 is 1.13 bits per heavy atom. The maximum atomic E-state index is 10.2. The smallest absolute Gasteiger partial charge is 0.263 e. The molecule has 1 aromatic carbocycles. The number of aliphatic hydroxyl groups is 3. The third-order valence-electron chi connectivity index (χ3n) is 6.71. The number of aromatic nitrogens is 3. The van der Waals surface area contributed by atoms with Crippen molar-refractivity contribution in [3.05, 3.63) is 53.5 Å². The van der Waals surface area contributed by atoms with Gasteiger partial charge in [-0.15, -0.1) is 0 Å². The first-order chi connectivity index (χ1) is 18.5. The van der Waals surface area contributed by atoms with Crippen LogP contribution in [-0.4, -0.2) is 62.7 Å². The number of benzene rings is 1. The molecule has 10 heteroatoms. The van der Waals surface area contributed by atoms with Gasteiger partial charge in [-0.2, -0.15) is 4.98 Å². The lowest BCUT2D eigenvalue weighted by Gasteiger charge is -2.17. The number of pyridine rings is 1. The summed E-state index contributed by atoms with van der Waals surface area (Å²) in [6.07, 6.45) is 6.70. The third-order valence-corrected chi connectivity index (χ3v) is 6.71. The third kappa shape index (κ3) is 8.22. The van der Waals surface area contributed by atoms with Crippen molar-refractivity contribution in [3.8, 4) is 23.1 Å². The molecule has 1 fully saturated rings. The summed E-state index contributed by atoms with van der Waals surface area (Å²) in [5.41, 5.74) is 2.70. The van der Waals surface area contributed by atoms with Gasteiger partial charge in [0.25, 0.3) is 5.89 Å². The number of hydrogen-bond donors (Lipinski definition) is 4. The maximum absolute atomic E-state index is 10.2. The summed E-state index contributed by atoms with van der Waals surface area (Å²) in [6, 6.07) is 9.53. The zero-order chi connectivity index (χ0) is 26.7. The highest BCUT2D eigenvalue weighted by atomic mass is 16.6. The van der Waals surface area contributed by atoms with Crippen LogP contribution in [0.2, 0.25) is 0 Å². The molecule has 4 rings (SSSR count). The topological polar surface area (TPSA) is 143 Å². The molecule has 1 unspecified atom stereocenters. The van der Waals surface area contributed by atoms with Crippen LogP contribution in [-0.2, 0) is 12.8 Å². The first kappa shape index (κ1) is 28.0. The summed E-state index contributed by atoms with van der Waals surface area (Å²) in [5, 5.41) is 35.5. The normalized spacial score (nSPS) is 15.5. The molecular weight excluding hydrogens is 488 g/mol. The fourth-order valence-corrected chi connectivity index (χ4v) is 4.57. The summed E-state index contributed by atoms with van der Waals surface area (Å²) in [4.78, 5) is 8.96. The average molecular weight is 527 g/mol. The molecule has 2 atom stereocenters. The summed E-state index contributed by atoms with van der Waals surface area (Å²) in [6.45, 7) is 2.84. The highest BCUT2D eigenvalue weighted by molar-refractivity contribution is 5.59. The zero-order valence-corrected chi connectivity index (χ0v) is 21.9. The number of rotatable bonds is 15. The lowest BCUT2D eigenvalue weighted by atomic mass is 10.1. The second-order valence-corrected chi connectivity index (χ2v) is 9.78. The Kier molecular flexibility index (Phi) is 10.5. The van der Waals surface area contributed by atoms with Crippen LogP contribution in [0.5, 0.6) is 11.6 Å². The van der Waals surface area contributed by atoms with E-state index in [0.29, 0.717) is 67.2 Å². The molecule has 1 aliphatic rings. The number of aliphatic hydroxyl groups excluding tert-OH is 3.